The molecule has 2 aromatic rings. The average Bonchev–Trinajstić information content (AvgIpc) is 2.45. The van der Waals surface area contributed by atoms with Crippen LogP contribution >= 0.6 is 0 Å². The Morgan fingerprint density at radius 3 is 2.42 bits per heavy atom. The van der Waals surface area contributed by atoms with E-state index in [4.69, 9.17) is 5.73 Å². The molecule has 0 aliphatic carbocycles. The van der Waals surface area contributed by atoms with Gasteiger partial charge in [0.25, 0.3) is 0 Å². The molecule has 0 aliphatic heterocycles. The molecular formula is C14H15NO4. The summed E-state index contributed by atoms with van der Waals surface area (Å²) in [5, 5.41) is 21.3. The number of rotatable bonds is 3. The van der Waals surface area contributed by atoms with Gasteiger partial charge in [0.1, 0.15) is 6.10 Å². The Bertz CT molecular complexity index is 611. The fraction of sp³-hybridized carbons (Fsp3) is 0.214. The van der Waals surface area contributed by atoms with Crippen LogP contribution in [0.3, 0.4) is 0 Å². The summed E-state index contributed by atoms with van der Waals surface area (Å²) >= 11 is 0. The number of anilines is 1. The molecule has 2 unspecified atom stereocenters. The van der Waals surface area contributed by atoms with Gasteiger partial charge in [0.2, 0.25) is 0 Å². The molecule has 0 heterocycles. The van der Waals surface area contributed by atoms with E-state index in [1.165, 1.54) is 0 Å². The molecule has 0 saturated carbocycles. The second-order valence-corrected chi connectivity index (χ2v) is 4.20. The minimum Gasteiger partial charge on any atom is -0.467 e. The van der Waals surface area contributed by atoms with Crippen LogP contribution in [0.15, 0.2) is 36.4 Å². The standard InChI is InChI=1S/C14H15NO4/c1-19-14(18)13(17)12(16)10-6-7-11(15)9-5-3-2-4-8(9)10/h2-7,12-13,16-17H,15H2,1H3. The second kappa shape index (κ2) is 5.26. The molecule has 0 aromatic heterocycles. The van der Waals surface area contributed by atoms with Crippen LogP contribution in [0, 0.1) is 0 Å². The number of nitrogens with two attached hydrogens (primary N) is 1. The van der Waals surface area contributed by atoms with Crippen LogP contribution in [0.2, 0.25) is 0 Å². The maximum Gasteiger partial charge on any atom is 0.337 e. The molecule has 0 fully saturated rings. The molecule has 2 aromatic carbocycles. The number of hydrogen-bond donors (Lipinski definition) is 3. The summed E-state index contributed by atoms with van der Waals surface area (Å²) in [6.45, 7) is 0. The van der Waals surface area contributed by atoms with Gasteiger partial charge in [-0.3, -0.25) is 0 Å². The minimum absolute atomic E-state index is 0.433. The molecule has 5 nitrogen and oxygen atoms in total. The van der Waals surface area contributed by atoms with Gasteiger partial charge in [0, 0.05) is 11.1 Å². The molecular weight excluding hydrogens is 246 g/mol. The third-order valence-electron chi connectivity index (χ3n) is 3.05. The summed E-state index contributed by atoms with van der Waals surface area (Å²) in [6.07, 6.45) is -2.99. The SMILES string of the molecule is COC(=O)C(O)C(O)c1ccc(N)c2ccccc12. The zero-order valence-electron chi connectivity index (χ0n) is 10.4. The van der Waals surface area contributed by atoms with E-state index in [0.717, 1.165) is 12.5 Å². The lowest BCUT2D eigenvalue weighted by Crippen LogP contribution is -2.29. The van der Waals surface area contributed by atoms with E-state index in [1.54, 1.807) is 24.3 Å². The van der Waals surface area contributed by atoms with Crippen LogP contribution in [-0.4, -0.2) is 29.4 Å². The molecule has 4 N–H and O–H groups in total. The fourth-order valence-electron chi connectivity index (χ4n) is 2.02. The number of fused-ring (bicyclic) bond motifs is 1. The summed E-state index contributed by atoms with van der Waals surface area (Å²) in [5.74, 6) is -0.881. The summed E-state index contributed by atoms with van der Waals surface area (Å²) in [4.78, 5) is 11.3. The van der Waals surface area contributed by atoms with Gasteiger partial charge in [-0.2, -0.15) is 0 Å². The average molecular weight is 261 g/mol. The Balaban J connectivity index is 2.51. The van der Waals surface area contributed by atoms with Gasteiger partial charge in [-0.05, 0) is 17.0 Å². The number of aliphatic hydroxyl groups excluding tert-OH is 2. The predicted molar refractivity (Wildman–Crippen MR) is 71.3 cm³/mol. The smallest absolute Gasteiger partial charge is 0.337 e. The van der Waals surface area contributed by atoms with Crippen molar-refractivity contribution in [2.24, 2.45) is 0 Å². The first kappa shape index (κ1) is 13.3. The molecule has 0 spiro atoms. The van der Waals surface area contributed by atoms with Crippen molar-refractivity contribution in [1.82, 2.24) is 0 Å². The highest BCUT2D eigenvalue weighted by molar-refractivity contribution is 5.95. The molecule has 19 heavy (non-hydrogen) atoms. The van der Waals surface area contributed by atoms with Crippen molar-refractivity contribution >= 4 is 22.4 Å². The van der Waals surface area contributed by atoms with Crippen LogP contribution in [0.1, 0.15) is 11.7 Å². The van der Waals surface area contributed by atoms with Crippen molar-refractivity contribution < 1.29 is 19.7 Å². The van der Waals surface area contributed by atoms with Gasteiger partial charge >= 0.3 is 5.97 Å². The van der Waals surface area contributed by atoms with E-state index >= 15 is 0 Å². The highest BCUT2D eigenvalue weighted by Gasteiger charge is 2.27. The van der Waals surface area contributed by atoms with Crippen LogP contribution < -0.4 is 5.73 Å². The zero-order valence-corrected chi connectivity index (χ0v) is 10.4. The highest BCUT2D eigenvalue weighted by Crippen LogP contribution is 2.30. The first-order valence-corrected chi connectivity index (χ1v) is 5.77. The Morgan fingerprint density at radius 1 is 1.16 bits per heavy atom. The summed E-state index contributed by atoms with van der Waals surface area (Å²) in [5.41, 5.74) is 6.85. The van der Waals surface area contributed by atoms with Gasteiger partial charge in [-0.25, -0.2) is 4.79 Å². The zero-order chi connectivity index (χ0) is 14.0. The van der Waals surface area contributed by atoms with Crippen molar-refractivity contribution in [3.05, 3.63) is 42.0 Å². The largest absolute Gasteiger partial charge is 0.467 e. The molecule has 2 rings (SSSR count). The monoisotopic (exact) mass is 261 g/mol. The van der Waals surface area contributed by atoms with Gasteiger partial charge in [-0.15, -0.1) is 0 Å². The number of nitrogen functional groups attached to an aromatic ring is 1. The number of methoxy groups -OCH3 is 1. The van der Waals surface area contributed by atoms with Crippen molar-refractivity contribution in [2.75, 3.05) is 12.8 Å². The quantitative estimate of drug-likeness (QED) is 0.566. The van der Waals surface area contributed by atoms with E-state index in [-0.39, 0.29) is 0 Å². The number of hydrogen-bond acceptors (Lipinski definition) is 5. The van der Waals surface area contributed by atoms with Gasteiger partial charge in [0.15, 0.2) is 6.10 Å². The summed E-state index contributed by atoms with van der Waals surface area (Å²) in [7, 11) is 1.15. The molecule has 0 radical (unpaired) electrons. The first-order valence-electron chi connectivity index (χ1n) is 5.77. The molecule has 0 amide bonds. The van der Waals surface area contributed by atoms with Crippen molar-refractivity contribution in [1.29, 1.82) is 0 Å². The lowest BCUT2D eigenvalue weighted by molar-refractivity contribution is -0.156. The van der Waals surface area contributed by atoms with Crippen molar-refractivity contribution in [3.63, 3.8) is 0 Å². The minimum atomic E-state index is -1.63. The number of carbonyl (C=O) groups excluding carboxylic acids is 1. The first-order chi connectivity index (χ1) is 9.06. The van der Waals surface area contributed by atoms with Crippen LogP contribution in [0.25, 0.3) is 10.8 Å². The van der Waals surface area contributed by atoms with Crippen LogP contribution in [0.5, 0.6) is 0 Å². The fourth-order valence-corrected chi connectivity index (χ4v) is 2.02. The highest BCUT2D eigenvalue weighted by atomic mass is 16.5. The van der Waals surface area contributed by atoms with E-state index in [2.05, 4.69) is 4.74 Å². The summed E-state index contributed by atoms with van der Waals surface area (Å²) < 4.78 is 4.42. The second-order valence-electron chi connectivity index (χ2n) is 4.20. The summed E-state index contributed by atoms with van der Waals surface area (Å²) in [6, 6.07) is 10.4. The normalized spacial score (nSPS) is 14.1. The third kappa shape index (κ3) is 2.38. The van der Waals surface area contributed by atoms with E-state index < -0.39 is 18.2 Å². The lowest BCUT2D eigenvalue weighted by Gasteiger charge is -2.18. The van der Waals surface area contributed by atoms with E-state index in [1.807, 2.05) is 12.1 Å². The predicted octanol–water partition coefficient (Wildman–Crippen LogP) is 0.989. The molecule has 0 aliphatic rings. The molecule has 100 valence electrons. The molecule has 0 saturated heterocycles. The molecule has 2 atom stereocenters. The lowest BCUT2D eigenvalue weighted by atomic mass is 9.96. The van der Waals surface area contributed by atoms with Crippen LogP contribution in [0.4, 0.5) is 5.69 Å². The topological polar surface area (TPSA) is 92.8 Å². The molecule has 5 heteroatoms. The third-order valence-corrected chi connectivity index (χ3v) is 3.05. The van der Waals surface area contributed by atoms with E-state index in [0.29, 0.717) is 16.6 Å². The Hall–Kier alpha value is -2.11. The number of benzene rings is 2. The van der Waals surface area contributed by atoms with Crippen molar-refractivity contribution in [3.8, 4) is 0 Å². The number of esters is 1. The van der Waals surface area contributed by atoms with Gasteiger partial charge in [0.05, 0.1) is 7.11 Å². The Labute approximate surface area is 110 Å². The maximum absolute atomic E-state index is 11.3. The Kier molecular flexibility index (Phi) is 3.69. The number of aliphatic hydroxyl groups is 2. The van der Waals surface area contributed by atoms with Crippen LogP contribution in [-0.2, 0) is 9.53 Å². The maximum atomic E-state index is 11.3. The number of ether oxygens (including phenoxy) is 1. The Morgan fingerprint density at radius 2 is 1.79 bits per heavy atom. The van der Waals surface area contributed by atoms with Crippen molar-refractivity contribution in [2.45, 2.75) is 12.2 Å². The van der Waals surface area contributed by atoms with Gasteiger partial charge in [-0.1, -0.05) is 30.3 Å². The van der Waals surface area contributed by atoms with Gasteiger partial charge < -0.3 is 20.7 Å². The number of carbonyl (C=O) groups is 1. The molecule has 0 bridgehead atoms. The van der Waals surface area contributed by atoms with E-state index in [9.17, 15) is 15.0 Å².